The van der Waals surface area contributed by atoms with Gasteiger partial charge < -0.3 is 10.6 Å². The van der Waals surface area contributed by atoms with Crippen LogP contribution < -0.4 is 10.6 Å². The molecule has 1 fully saturated rings. The molecule has 0 aromatic heterocycles. The zero-order valence-corrected chi connectivity index (χ0v) is 16.3. The molecule has 24 heavy (non-hydrogen) atoms. The van der Waals surface area contributed by atoms with Crippen molar-refractivity contribution in [1.29, 1.82) is 0 Å². The van der Waals surface area contributed by atoms with Gasteiger partial charge in [0.1, 0.15) is 0 Å². The second-order valence-corrected chi connectivity index (χ2v) is 7.78. The normalized spacial score (nSPS) is 18.2. The SMILES string of the molecule is Cc1ccc(C)c(NC(=S)NC2CCCCCCCCCCC2)c1. The molecule has 2 rings (SSSR count). The predicted molar refractivity (Wildman–Crippen MR) is 110 cm³/mol. The molecule has 0 saturated heterocycles. The topological polar surface area (TPSA) is 24.1 Å². The zero-order valence-electron chi connectivity index (χ0n) is 15.5. The van der Waals surface area contributed by atoms with Crippen LogP contribution in [0.5, 0.6) is 0 Å². The highest BCUT2D eigenvalue weighted by molar-refractivity contribution is 7.80. The van der Waals surface area contributed by atoms with E-state index in [-0.39, 0.29) is 0 Å². The Morgan fingerprint density at radius 1 is 0.875 bits per heavy atom. The molecule has 0 amide bonds. The molecule has 1 aromatic rings. The van der Waals surface area contributed by atoms with Crippen LogP contribution in [0, 0.1) is 13.8 Å². The van der Waals surface area contributed by atoms with Crippen molar-refractivity contribution in [2.75, 3.05) is 5.32 Å². The van der Waals surface area contributed by atoms with Crippen molar-refractivity contribution in [2.45, 2.75) is 90.5 Å². The molecular weight excluding hydrogens is 312 g/mol. The lowest BCUT2D eigenvalue weighted by Gasteiger charge is -2.22. The van der Waals surface area contributed by atoms with Gasteiger partial charge >= 0.3 is 0 Å². The number of hydrogen-bond acceptors (Lipinski definition) is 1. The maximum absolute atomic E-state index is 5.58. The van der Waals surface area contributed by atoms with Crippen molar-refractivity contribution in [3.63, 3.8) is 0 Å². The van der Waals surface area contributed by atoms with Crippen molar-refractivity contribution in [3.8, 4) is 0 Å². The van der Waals surface area contributed by atoms with Crippen LogP contribution in [-0.2, 0) is 0 Å². The summed E-state index contributed by atoms with van der Waals surface area (Å²) < 4.78 is 0. The smallest absolute Gasteiger partial charge is 0.171 e. The molecule has 0 radical (unpaired) electrons. The Balaban J connectivity index is 1.85. The Kier molecular flexibility index (Phi) is 8.58. The van der Waals surface area contributed by atoms with Gasteiger partial charge in [0.2, 0.25) is 0 Å². The van der Waals surface area contributed by atoms with Crippen LogP contribution >= 0.6 is 12.2 Å². The van der Waals surface area contributed by atoms with E-state index in [4.69, 9.17) is 12.2 Å². The molecule has 0 heterocycles. The minimum absolute atomic E-state index is 0.523. The summed E-state index contributed by atoms with van der Waals surface area (Å²) in [7, 11) is 0. The summed E-state index contributed by atoms with van der Waals surface area (Å²) in [6, 6.07) is 6.99. The molecule has 0 aliphatic heterocycles. The molecule has 134 valence electrons. The van der Waals surface area contributed by atoms with E-state index in [2.05, 4.69) is 42.7 Å². The highest BCUT2D eigenvalue weighted by Crippen LogP contribution is 2.18. The minimum atomic E-state index is 0.523. The maximum atomic E-state index is 5.58. The number of rotatable bonds is 2. The third kappa shape index (κ3) is 7.21. The van der Waals surface area contributed by atoms with E-state index in [0.717, 1.165) is 10.8 Å². The van der Waals surface area contributed by atoms with Gasteiger partial charge in [-0.15, -0.1) is 0 Å². The predicted octanol–water partition coefficient (Wildman–Crippen LogP) is 6.26. The first-order chi connectivity index (χ1) is 11.6. The molecular formula is C21H34N2S. The van der Waals surface area contributed by atoms with E-state index in [1.165, 1.54) is 81.8 Å². The van der Waals surface area contributed by atoms with E-state index in [0.29, 0.717) is 6.04 Å². The Morgan fingerprint density at radius 3 is 2.00 bits per heavy atom. The van der Waals surface area contributed by atoms with E-state index < -0.39 is 0 Å². The first kappa shape index (κ1) is 19.2. The lowest BCUT2D eigenvalue weighted by Crippen LogP contribution is -2.38. The average Bonchev–Trinajstić information content (AvgIpc) is 2.53. The van der Waals surface area contributed by atoms with Gasteiger partial charge in [-0.2, -0.15) is 0 Å². The molecule has 0 bridgehead atoms. The summed E-state index contributed by atoms with van der Waals surface area (Å²) in [5, 5.41) is 7.77. The number of benzene rings is 1. The van der Waals surface area contributed by atoms with Gasteiger partial charge in [0.15, 0.2) is 5.11 Å². The highest BCUT2D eigenvalue weighted by Gasteiger charge is 2.11. The highest BCUT2D eigenvalue weighted by atomic mass is 32.1. The average molecular weight is 347 g/mol. The summed E-state index contributed by atoms with van der Waals surface area (Å²) in [6.07, 6.45) is 15.0. The molecule has 2 N–H and O–H groups in total. The third-order valence-electron chi connectivity index (χ3n) is 5.08. The lowest BCUT2D eigenvalue weighted by atomic mass is 9.98. The molecule has 0 spiro atoms. The van der Waals surface area contributed by atoms with Crippen LogP contribution in [0.25, 0.3) is 0 Å². The van der Waals surface area contributed by atoms with E-state index in [1.54, 1.807) is 0 Å². The quantitative estimate of drug-likeness (QED) is 0.618. The molecule has 1 aromatic carbocycles. The number of anilines is 1. The second-order valence-electron chi connectivity index (χ2n) is 7.37. The largest absolute Gasteiger partial charge is 0.360 e. The number of thiocarbonyl (C=S) groups is 1. The molecule has 1 aliphatic carbocycles. The second kappa shape index (κ2) is 10.7. The van der Waals surface area contributed by atoms with Crippen LogP contribution in [-0.4, -0.2) is 11.2 Å². The van der Waals surface area contributed by atoms with Crippen LogP contribution in [0.4, 0.5) is 5.69 Å². The first-order valence-corrected chi connectivity index (χ1v) is 10.2. The van der Waals surface area contributed by atoms with Crippen molar-refractivity contribution in [2.24, 2.45) is 0 Å². The summed E-state index contributed by atoms with van der Waals surface area (Å²) in [5.41, 5.74) is 3.63. The van der Waals surface area contributed by atoms with Crippen LogP contribution in [0.3, 0.4) is 0 Å². The fourth-order valence-electron chi connectivity index (χ4n) is 3.52. The van der Waals surface area contributed by atoms with Gasteiger partial charge in [0, 0.05) is 11.7 Å². The monoisotopic (exact) mass is 346 g/mol. The molecule has 0 atom stereocenters. The minimum Gasteiger partial charge on any atom is -0.360 e. The van der Waals surface area contributed by atoms with Crippen molar-refractivity contribution >= 4 is 23.0 Å². The summed E-state index contributed by atoms with van der Waals surface area (Å²) in [6.45, 7) is 4.24. The molecule has 1 saturated carbocycles. The standard InChI is InChI=1S/C21H34N2S/c1-17-14-15-18(2)20(16-17)23-21(24)22-19-12-10-8-6-4-3-5-7-9-11-13-19/h14-16,19H,3-13H2,1-2H3,(H2,22,23,24). The Hall–Kier alpha value is -1.09. The fourth-order valence-corrected chi connectivity index (χ4v) is 3.80. The van der Waals surface area contributed by atoms with Gasteiger partial charge in [-0.25, -0.2) is 0 Å². The molecule has 1 aliphatic rings. The van der Waals surface area contributed by atoms with Crippen LogP contribution in [0.2, 0.25) is 0 Å². The summed E-state index contributed by atoms with van der Waals surface area (Å²) >= 11 is 5.58. The van der Waals surface area contributed by atoms with Crippen LogP contribution in [0.15, 0.2) is 18.2 Å². The molecule has 0 unspecified atom stereocenters. The molecule has 3 heteroatoms. The van der Waals surface area contributed by atoms with Crippen LogP contribution in [0.1, 0.15) is 81.8 Å². The van der Waals surface area contributed by atoms with Gasteiger partial charge in [-0.05, 0) is 56.1 Å². The van der Waals surface area contributed by atoms with Gasteiger partial charge in [0.25, 0.3) is 0 Å². The summed E-state index contributed by atoms with van der Waals surface area (Å²) in [5.74, 6) is 0. The maximum Gasteiger partial charge on any atom is 0.171 e. The fraction of sp³-hybridized carbons (Fsp3) is 0.667. The third-order valence-corrected chi connectivity index (χ3v) is 5.30. The van der Waals surface area contributed by atoms with E-state index >= 15 is 0 Å². The van der Waals surface area contributed by atoms with Gasteiger partial charge in [-0.1, -0.05) is 69.9 Å². The Bertz CT molecular complexity index is 501. The number of hydrogen-bond donors (Lipinski definition) is 2. The zero-order chi connectivity index (χ0) is 17.2. The van der Waals surface area contributed by atoms with Gasteiger partial charge in [-0.3, -0.25) is 0 Å². The number of aryl methyl sites for hydroxylation is 2. The molecule has 2 nitrogen and oxygen atoms in total. The number of nitrogens with one attached hydrogen (secondary N) is 2. The Morgan fingerprint density at radius 2 is 1.42 bits per heavy atom. The van der Waals surface area contributed by atoms with Crippen molar-refractivity contribution < 1.29 is 0 Å². The summed E-state index contributed by atoms with van der Waals surface area (Å²) in [4.78, 5) is 0. The van der Waals surface area contributed by atoms with Crippen molar-refractivity contribution in [1.82, 2.24) is 5.32 Å². The first-order valence-electron chi connectivity index (χ1n) is 9.80. The Labute approximate surface area is 153 Å². The van der Waals surface area contributed by atoms with Gasteiger partial charge in [0.05, 0.1) is 0 Å². The van der Waals surface area contributed by atoms with E-state index in [1.807, 2.05) is 0 Å². The van der Waals surface area contributed by atoms with Crippen molar-refractivity contribution in [3.05, 3.63) is 29.3 Å². The lowest BCUT2D eigenvalue weighted by molar-refractivity contribution is 0.444. The van der Waals surface area contributed by atoms with E-state index in [9.17, 15) is 0 Å².